The topological polar surface area (TPSA) is 88.7 Å². The Morgan fingerprint density at radius 1 is 1.27 bits per heavy atom. The summed E-state index contributed by atoms with van der Waals surface area (Å²) in [7, 11) is 0. The van der Waals surface area contributed by atoms with Crippen LogP contribution in [0.5, 0.6) is 0 Å². The molecule has 1 amide bonds. The fourth-order valence-corrected chi connectivity index (χ4v) is 3.92. The molecule has 0 fully saturated rings. The molecule has 4 rings (SSSR count). The SMILES string of the molecule is Cc1nn(C(C)(C)C)c(C)c1[C@H]1CC(=O)Nc2n[nH]c(-c3ccco3)c21. The molecule has 0 radical (unpaired) electrons. The number of nitrogens with one attached hydrogen (secondary N) is 2. The molecule has 7 heteroatoms. The van der Waals surface area contributed by atoms with Crippen molar-refractivity contribution in [2.45, 2.75) is 52.5 Å². The highest BCUT2D eigenvalue weighted by atomic mass is 16.3. The van der Waals surface area contributed by atoms with Crippen LogP contribution >= 0.6 is 0 Å². The van der Waals surface area contributed by atoms with Gasteiger partial charge in [0.2, 0.25) is 5.91 Å². The largest absolute Gasteiger partial charge is 0.463 e. The van der Waals surface area contributed by atoms with Crippen LogP contribution in [-0.4, -0.2) is 25.9 Å². The van der Waals surface area contributed by atoms with E-state index in [9.17, 15) is 4.79 Å². The van der Waals surface area contributed by atoms with Crippen LogP contribution in [0.3, 0.4) is 0 Å². The fraction of sp³-hybridized carbons (Fsp3) is 0.421. The van der Waals surface area contributed by atoms with Crippen molar-refractivity contribution in [3.8, 4) is 11.5 Å². The van der Waals surface area contributed by atoms with E-state index in [1.54, 1.807) is 6.26 Å². The summed E-state index contributed by atoms with van der Waals surface area (Å²) in [4.78, 5) is 12.3. The van der Waals surface area contributed by atoms with Gasteiger partial charge in [-0.1, -0.05) is 0 Å². The molecule has 0 bridgehead atoms. The lowest BCUT2D eigenvalue weighted by atomic mass is 9.84. The van der Waals surface area contributed by atoms with Gasteiger partial charge in [-0.25, -0.2) is 0 Å². The van der Waals surface area contributed by atoms with Crippen LogP contribution in [0.15, 0.2) is 22.8 Å². The van der Waals surface area contributed by atoms with Crippen molar-refractivity contribution >= 4 is 11.7 Å². The highest BCUT2D eigenvalue weighted by molar-refractivity contribution is 5.95. The zero-order chi connectivity index (χ0) is 18.6. The lowest BCUT2D eigenvalue weighted by Crippen LogP contribution is -2.26. The zero-order valence-corrected chi connectivity index (χ0v) is 15.7. The van der Waals surface area contributed by atoms with Gasteiger partial charge >= 0.3 is 0 Å². The van der Waals surface area contributed by atoms with E-state index in [0.29, 0.717) is 18.0 Å². The summed E-state index contributed by atoms with van der Waals surface area (Å²) in [5.74, 6) is 1.12. The number of aromatic nitrogens is 4. The summed E-state index contributed by atoms with van der Waals surface area (Å²) in [5, 5.41) is 15.0. The number of H-pyrrole nitrogens is 1. The molecule has 0 spiro atoms. The molecule has 0 aliphatic carbocycles. The van der Waals surface area contributed by atoms with Crippen LogP contribution in [0.2, 0.25) is 0 Å². The standard InChI is InChI=1S/C19H23N5O2/c1-10-15(11(2)24(23-10)19(3,4)5)12-9-14(25)20-18-16(12)17(21-22-18)13-7-6-8-26-13/h6-8,12H,9H2,1-5H3,(H2,20,21,22,25)/t12-/m1/s1. The molecular formula is C19H23N5O2. The van der Waals surface area contributed by atoms with E-state index in [0.717, 1.165) is 28.2 Å². The Labute approximate surface area is 151 Å². The number of carbonyl (C=O) groups is 1. The van der Waals surface area contributed by atoms with Gasteiger partial charge in [0, 0.05) is 29.2 Å². The van der Waals surface area contributed by atoms with Crippen LogP contribution in [0, 0.1) is 13.8 Å². The normalized spacial score (nSPS) is 17.3. The third-order valence-corrected chi connectivity index (χ3v) is 4.90. The summed E-state index contributed by atoms with van der Waals surface area (Å²) < 4.78 is 7.61. The molecule has 3 aromatic rings. The highest BCUT2D eigenvalue weighted by Crippen LogP contribution is 2.44. The second-order valence-electron chi connectivity index (χ2n) is 7.81. The predicted octanol–water partition coefficient (Wildman–Crippen LogP) is 3.71. The Morgan fingerprint density at radius 2 is 2.04 bits per heavy atom. The van der Waals surface area contributed by atoms with Gasteiger partial charge in [0.1, 0.15) is 5.69 Å². The first-order valence-electron chi connectivity index (χ1n) is 8.76. The van der Waals surface area contributed by atoms with E-state index in [1.807, 2.05) is 23.7 Å². The summed E-state index contributed by atoms with van der Waals surface area (Å²) in [5.41, 5.74) is 4.73. The van der Waals surface area contributed by atoms with Crippen molar-refractivity contribution in [2.24, 2.45) is 0 Å². The number of hydrogen-bond acceptors (Lipinski definition) is 4. The molecule has 26 heavy (non-hydrogen) atoms. The van der Waals surface area contributed by atoms with Crippen LogP contribution in [0.1, 0.15) is 55.6 Å². The maximum Gasteiger partial charge on any atom is 0.226 e. The number of aryl methyl sites for hydroxylation is 1. The number of rotatable bonds is 2. The second kappa shape index (κ2) is 5.59. The van der Waals surface area contributed by atoms with Gasteiger partial charge in [-0.2, -0.15) is 10.2 Å². The lowest BCUT2D eigenvalue weighted by Gasteiger charge is -2.25. The molecule has 0 saturated carbocycles. The van der Waals surface area contributed by atoms with E-state index >= 15 is 0 Å². The van der Waals surface area contributed by atoms with Crippen molar-refractivity contribution in [3.05, 3.63) is 40.9 Å². The quantitative estimate of drug-likeness (QED) is 0.735. The van der Waals surface area contributed by atoms with E-state index < -0.39 is 0 Å². The molecule has 3 aromatic heterocycles. The molecule has 2 N–H and O–H groups in total. The Hall–Kier alpha value is -2.83. The van der Waals surface area contributed by atoms with Crippen molar-refractivity contribution in [3.63, 3.8) is 0 Å². The Bertz CT molecular complexity index is 973. The number of carbonyl (C=O) groups excluding carboxylic acids is 1. The molecule has 7 nitrogen and oxygen atoms in total. The van der Waals surface area contributed by atoms with E-state index in [4.69, 9.17) is 9.52 Å². The lowest BCUT2D eigenvalue weighted by molar-refractivity contribution is -0.116. The van der Waals surface area contributed by atoms with Crippen molar-refractivity contribution in [1.82, 2.24) is 20.0 Å². The van der Waals surface area contributed by atoms with Crippen LogP contribution < -0.4 is 5.32 Å². The Morgan fingerprint density at radius 3 is 2.65 bits per heavy atom. The third kappa shape index (κ3) is 2.46. The van der Waals surface area contributed by atoms with E-state index in [2.05, 4.69) is 43.2 Å². The third-order valence-electron chi connectivity index (χ3n) is 4.90. The number of furan rings is 1. The minimum absolute atomic E-state index is 0.0395. The smallest absolute Gasteiger partial charge is 0.226 e. The van der Waals surface area contributed by atoms with Gasteiger partial charge in [0.25, 0.3) is 0 Å². The minimum Gasteiger partial charge on any atom is -0.463 e. The van der Waals surface area contributed by atoms with Crippen molar-refractivity contribution < 1.29 is 9.21 Å². The molecule has 0 unspecified atom stereocenters. The number of fused-ring (bicyclic) bond motifs is 1. The molecule has 136 valence electrons. The van der Waals surface area contributed by atoms with Gasteiger partial charge in [-0.3, -0.25) is 14.6 Å². The van der Waals surface area contributed by atoms with Gasteiger partial charge in [0.15, 0.2) is 11.6 Å². The molecule has 1 atom stereocenters. The van der Waals surface area contributed by atoms with E-state index in [1.165, 1.54) is 0 Å². The number of nitrogens with zero attached hydrogens (tertiary/aromatic N) is 3. The summed E-state index contributed by atoms with van der Waals surface area (Å²) in [6, 6.07) is 3.73. The predicted molar refractivity (Wildman–Crippen MR) is 98.1 cm³/mol. The molecule has 0 saturated heterocycles. The van der Waals surface area contributed by atoms with Crippen LogP contribution in [0.4, 0.5) is 5.82 Å². The molecule has 1 aliphatic rings. The first kappa shape index (κ1) is 16.6. The number of amides is 1. The van der Waals surface area contributed by atoms with E-state index in [-0.39, 0.29) is 17.4 Å². The maximum atomic E-state index is 12.3. The van der Waals surface area contributed by atoms with Gasteiger partial charge in [-0.05, 0) is 46.8 Å². The average Bonchev–Trinajstić information content (AvgIpc) is 3.24. The average molecular weight is 353 g/mol. The van der Waals surface area contributed by atoms with Gasteiger partial charge in [-0.15, -0.1) is 0 Å². The summed E-state index contributed by atoms with van der Waals surface area (Å²) in [6.45, 7) is 10.5. The summed E-state index contributed by atoms with van der Waals surface area (Å²) >= 11 is 0. The Kier molecular flexibility index (Phi) is 3.57. The molecular weight excluding hydrogens is 330 g/mol. The monoisotopic (exact) mass is 353 g/mol. The molecule has 0 aromatic carbocycles. The highest BCUT2D eigenvalue weighted by Gasteiger charge is 2.36. The van der Waals surface area contributed by atoms with Crippen molar-refractivity contribution in [2.75, 3.05) is 5.32 Å². The van der Waals surface area contributed by atoms with Gasteiger partial charge < -0.3 is 9.73 Å². The first-order valence-corrected chi connectivity index (χ1v) is 8.76. The maximum absolute atomic E-state index is 12.3. The molecule has 1 aliphatic heterocycles. The summed E-state index contributed by atoms with van der Waals surface area (Å²) in [6.07, 6.45) is 1.99. The number of aromatic amines is 1. The molecule has 4 heterocycles. The zero-order valence-electron chi connectivity index (χ0n) is 15.7. The van der Waals surface area contributed by atoms with Crippen LogP contribution in [0.25, 0.3) is 11.5 Å². The van der Waals surface area contributed by atoms with Gasteiger partial charge in [0.05, 0.1) is 17.5 Å². The Balaban J connectivity index is 1.92. The second-order valence-corrected chi connectivity index (χ2v) is 7.81. The number of hydrogen-bond donors (Lipinski definition) is 2. The van der Waals surface area contributed by atoms with Crippen LogP contribution in [-0.2, 0) is 10.3 Å². The van der Waals surface area contributed by atoms with Crippen molar-refractivity contribution in [1.29, 1.82) is 0 Å². The fourth-order valence-electron chi connectivity index (χ4n) is 3.92. The first-order chi connectivity index (χ1) is 12.3. The number of anilines is 1. The minimum atomic E-state index is -0.132.